The highest BCUT2D eigenvalue weighted by molar-refractivity contribution is 8.01. The summed E-state index contributed by atoms with van der Waals surface area (Å²) in [6.45, 7) is 1.42. The maximum Gasteiger partial charge on any atom is 0.234 e. The van der Waals surface area contributed by atoms with Gasteiger partial charge in [-0.15, -0.1) is 10.2 Å². The molecule has 1 aliphatic heterocycles. The van der Waals surface area contributed by atoms with Gasteiger partial charge in [0.25, 0.3) is 0 Å². The van der Waals surface area contributed by atoms with Gasteiger partial charge in [0.1, 0.15) is 5.82 Å². The molecule has 3 aromatic rings. The van der Waals surface area contributed by atoms with Crippen LogP contribution in [0.2, 0.25) is 10.0 Å². The third-order valence-electron chi connectivity index (χ3n) is 6.59. The minimum atomic E-state index is -0.725. The number of Topliss-reactive ketones (excluding diaryl/α,β-unsaturated/α-hetero) is 1. The van der Waals surface area contributed by atoms with E-state index in [1.807, 2.05) is 0 Å². The molecule has 4 N–H and O–H groups in total. The fourth-order valence-electron chi connectivity index (χ4n) is 4.87. The number of aromatic nitrogens is 2. The molecular weight excluding hydrogens is 617 g/mol. The smallest absolute Gasteiger partial charge is 0.234 e. The Morgan fingerprint density at radius 2 is 1.86 bits per heavy atom. The van der Waals surface area contributed by atoms with E-state index in [9.17, 15) is 19.6 Å². The Balaban J connectivity index is 1.37. The number of ketones is 1. The van der Waals surface area contributed by atoms with Crippen molar-refractivity contribution in [2.45, 2.75) is 36.4 Å². The van der Waals surface area contributed by atoms with Gasteiger partial charge >= 0.3 is 0 Å². The molecule has 0 fully saturated rings. The number of hydrogen-bond donors (Lipinski definition) is 3. The van der Waals surface area contributed by atoms with Gasteiger partial charge in [-0.05, 0) is 54.8 Å². The van der Waals surface area contributed by atoms with Crippen molar-refractivity contribution in [3.63, 3.8) is 0 Å². The number of nitrogens with one attached hydrogen (secondary N) is 2. The Hall–Kier alpha value is -3.89. The van der Waals surface area contributed by atoms with Crippen molar-refractivity contribution < 1.29 is 14.4 Å². The number of halogens is 2. The zero-order chi connectivity index (χ0) is 30.0. The summed E-state index contributed by atoms with van der Waals surface area (Å²) >= 11 is 15.0. The molecule has 2 heterocycles. The molecule has 2 aromatic carbocycles. The molecule has 1 atom stereocenters. The first-order valence-corrected chi connectivity index (χ1v) is 15.3. The minimum absolute atomic E-state index is 0.0699. The molecule has 1 unspecified atom stereocenters. The van der Waals surface area contributed by atoms with Crippen LogP contribution in [-0.4, -0.2) is 33.5 Å². The van der Waals surface area contributed by atoms with E-state index in [1.54, 1.807) is 47.4 Å². The number of amides is 2. The number of benzene rings is 2. The maximum atomic E-state index is 13.3. The minimum Gasteiger partial charge on any atom is -0.384 e. The Labute approximate surface area is 259 Å². The maximum absolute atomic E-state index is 13.3. The second-order valence-electron chi connectivity index (χ2n) is 9.43. The summed E-state index contributed by atoms with van der Waals surface area (Å²) in [5.74, 6) is -1.03. The molecule has 0 saturated heterocycles. The number of nitrogens with two attached hydrogens (primary N) is 1. The Morgan fingerprint density at radius 1 is 1.14 bits per heavy atom. The topological polar surface area (TPSA) is 154 Å². The van der Waals surface area contributed by atoms with E-state index in [0.717, 1.165) is 0 Å². The van der Waals surface area contributed by atoms with Gasteiger partial charge in [0.2, 0.25) is 16.9 Å². The van der Waals surface area contributed by atoms with E-state index in [0.29, 0.717) is 67.0 Å². The number of allylic oxidation sites excluding steroid dienone is 3. The molecule has 14 heteroatoms. The Morgan fingerprint density at radius 3 is 2.52 bits per heavy atom. The first-order valence-electron chi connectivity index (χ1n) is 12.7. The van der Waals surface area contributed by atoms with Crippen LogP contribution in [0.5, 0.6) is 0 Å². The lowest BCUT2D eigenvalue weighted by Gasteiger charge is -2.38. The van der Waals surface area contributed by atoms with Crippen molar-refractivity contribution in [1.82, 2.24) is 10.2 Å². The summed E-state index contributed by atoms with van der Waals surface area (Å²) in [6, 6.07) is 13.9. The highest BCUT2D eigenvalue weighted by Gasteiger charge is 2.42. The van der Waals surface area contributed by atoms with Crippen LogP contribution in [0.3, 0.4) is 0 Å². The van der Waals surface area contributed by atoms with Crippen LogP contribution in [0.1, 0.15) is 37.7 Å². The van der Waals surface area contributed by atoms with Crippen LogP contribution in [0.25, 0.3) is 0 Å². The number of hydrogen-bond acceptors (Lipinski definition) is 10. The van der Waals surface area contributed by atoms with Gasteiger partial charge in [-0.1, -0.05) is 52.4 Å². The molecule has 10 nitrogen and oxygen atoms in total. The van der Waals surface area contributed by atoms with Gasteiger partial charge in [-0.3, -0.25) is 19.3 Å². The lowest BCUT2D eigenvalue weighted by atomic mass is 9.76. The van der Waals surface area contributed by atoms with E-state index in [1.165, 1.54) is 30.0 Å². The summed E-state index contributed by atoms with van der Waals surface area (Å²) in [7, 11) is 0. The van der Waals surface area contributed by atoms with E-state index in [-0.39, 0.29) is 34.7 Å². The van der Waals surface area contributed by atoms with Gasteiger partial charge < -0.3 is 16.4 Å². The van der Waals surface area contributed by atoms with Gasteiger partial charge in [-0.2, -0.15) is 5.26 Å². The molecule has 0 radical (unpaired) electrons. The summed E-state index contributed by atoms with van der Waals surface area (Å²) in [6.07, 6.45) is 1.51. The normalized spacial score (nSPS) is 16.7. The molecule has 5 rings (SSSR count). The largest absolute Gasteiger partial charge is 0.384 e. The number of nitrogens with zero attached hydrogens (tertiary/aromatic N) is 4. The van der Waals surface area contributed by atoms with Crippen LogP contribution < -0.4 is 21.3 Å². The highest BCUT2D eigenvalue weighted by atomic mass is 35.5. The summed E-state index contributed by atoms with van der Waals surface area (Å²) < 4.78 is 0.514. The highest BCUT2D eigenvalue weighted by Crippen LogP contribution is 2.48. The third-order valence-corrected chi connectivity index (χ3v) is 9.19. The van der Waals surface area contributed by atoms with Crippen molar-refractivity contribution in [1.29, 1.82) is 5.26 Å². The third kappa shape index (κ3) is 6.15. The van der Waals surface area contributed by atoms with Crippen LogP contribution in [0, 0.1) is 11.3 Å². The van der Waals surface area contributed by atoms with Crippen LogP contribution in [-0.2, 0) is 14.4 Å². The predicted octanol–water partition coefficient (Wildman–Crippen LogP) is 5.84. The van der Waals surface area contributed by atoms with Gasteiger partial charge in [-0.25, -0.2) is 0 Å². The summed E-state index contributed by atoms with van der Waals surface area (Å²) in [5, 5.41) is 25.3. The fourth-order valence-corrected chi connectivity index (χ4v) is 7.07. The second-order valence-corrected chi connectivity index (χ2v) is 12.5. The number of nitriles is 1. The first kappa shape index (κ1) is 29.6. The molecule has 0 spiro atoms. The van der Waals surface area contributed by atoms with Crippen molar-refractivity contribution in [3.8, 4) is 6.07 Å². The Kier molecular flexibility index (Phi) is 8.84. The molecule has 1 aliphatic carbocycles. The van der Waals surface area contributed by atoms with Crippen molar-refractivity contribution >= 4 is 80.4 Å². The molecule has 42 heavy (non-hydrogen) atoms. The van der Waals surface area contributed by atoms with Crippen molar-refractivity contribution in [3.05, 3.63) is 80.7 Å². The molecule has 2 amide bonds. The SMILES string of the molecule is CC(=O)Nc1ccc(NC(=O)CSc2nnc(N3C(N)=C(C#N)C(c4ccc(Cl)cc4Cl)C4=C3CCCC4=O)s2)cc1. The van der Waals surface area contributed by atoms with Crippen LogP contribution in [0.15, 0.2) is 69.5 Å². The second kappa shape index (κ2) is 12.5. The monoisotopic (exact) mass is 639 g/mol. The van der Waals surface area contributed by atoms with E-state index in [2.05, 4.69) is 26.9 Å². The van der Waals surface area contributed by atoms with Crippen LogP contribution >= 0.6 is 46.3 Å². The van der Waals surface area contributed by atoms with E-state index < -0.39 is 5.92 Å². The van der Waals surface area contributed by atoms with Gasteiger partial charge in [0.15, 0.2) is 10.1 Å². The van der Waals surface area contributed by atoms with Crippen LogP contribution in [0.4, 0.5) is 16.5 Å². The van der Waals surface area contributed by atoms with Crippen molar-refractivity contribution in [2.24, 2.45) is 5.73 Å². The zero-order valence-electron chi connectivity index (χ0n) is 22.1. The molecule has 214 valence electrons. The standard InChI is InChI=1S/C28H23Cl2N7O3S2/c1-14(38)33-16-6-8-17(9-7-16)34-23(40)13-41-28-36-35-27(42-28)37-21-3-2-4-22(39)25(21)24(19(12-31)26(37)32)18-10-5-15(29)11-20(18)30/h5-11,24H,2-4,13,32H2,1H3,(H,33,38)(H,34,40). The lowest BCUT2D eigenvalue weighted by molar-refractivity contribution is -0.116. The Bertz CT molecular complexity index is 1700. The number of carbonyl (C=O) groups excluding carboxylic acids is 3. The zero-order valence-corrected chi connectivity index (χ0v) is 25.3. The number of thioether (sulfide) groups is 1. The molecular formula is C28H23Cl2N7O3S2. The fraction of sp³-hybridized carbons (Fsp3) is 0.214. The predicted molar refractivity (Wildman–Crippen MR) is 164 cm³/mol. The van der Waals surface area contributed by atoms with Gasteiger partial charge in [0.05, 0.1) is 23.3 Å². The average Bonchev–Trinajstić information content (AvgIpc) is 3.41. The molecule has 2 aliphatic rings. The first-order chi connectivity index (χ1) is 20.2. The summed E-state index contributed by atoms with van der Waals surface area (Å²) in [4.78, 5) is 38.7. The quantitative estimate of drug-likeness (QED) is 0.270. The lowest BCUT2D eigenvalue weighted by Crippen LogP contribution is -2.38. The number of carbonyl (C=O) groups is 3. The number of rotatable bonds is 7. The average molecular weight is 641 g/mol. The molecule has 0 saturated carbocycles. The van der Waals surface area contributed by atoms with E-state index in [4.69, 9.17) is 28.9 Å². The van der Waals surface area contributed by atoms with E-state index >= 15 is 0 Å². The summed E-state index contributed by atoms with van der Waals surface area (Å²) in [5.41, 5.74) is 9.68. The molecule has 0 bridgehead atoms. The van der Waals surface area contributed by atoms with Crippen molar-refractivity contribution in [2.75, 3.05) is 21.3 Å². The number of anilines is 3. The molecule has 1 aromatic heterocycles. The van der Waals surface area contributed by atoms with Gasteiger partial charge in [0, 0.05) is 46.0 Å².